The van der Waals surface area contributed by atoms with Gasteiger partial charge in [0.05, 0.1) is 0 Å². The predicted molar refractivity (Wildman–Crippen MR) is 87.1 cm³/mol. The minimum Gasteiger partial charge on any atom is -0.342 e. The van der Waals surface area contributed by atoms with Crippen molar-refractivity contribution in [2.24, 2.45) is 5.73 Å². The third-order valence-electron chi connectivity index (χ3n) is 3.54. The number of rotatable bonds is 7. The molecule has 0 fully saturated rings. The monoisotopic (exact) mass is 298 g/mol. The van der Waals surface area contributed by atoms with Crippen molar-refractivity contribution in [2.75, 3.05) is 7.05 Å². The number of benzene rings is 1. The molecule has 2 unspecified atom stereocenters. The van der Waals surface area contributed by atoms with Gasteiger partial charge in [0.1, 0.15) is 0 Å². The molecule has 0 aromatic heterocycles. The third kappa shape index (κ3) is 6.40. The Morgan fingerprint density at radius 3 is 2.40 bits per heavy atom. The average molecular weight is 299 g/mol. The lowest BCUT2D eigenvalue weighted by molar-refractivity contribution is -0.132. The first-order valence-electron chi connectivity index (χ1n) is 7.09. The van der Waals surface area contributed by atoms with E-state index in [0.29, 0.717) is 6.42 Å². The zero-order chi connectivity index (χ0) is 14.3. The van der Waals surface area contributed by atoms with E-state index < -0.39 is 0 Å². The highest BCUT2D eigenvalue weighted by molar-refractivity contribution is 5.85. The molecule has 0 bridgehead atoms. The summed E-state index contributed by atoms with van der Waals surface area (Å²) >= 11 is 0. The molecule has 0 saturated carbocycles. The standard InChI is InChI=1S/C16H26N2O.ClH/c1-4-15(12-14-8-6-5-7-9-14)18(3)16(19)11-10-13(2)17;/h5-9,13,15H,4,10-12,17H2,1-3H3;1H. The first-order valence-corrected chi connectivity index (χ1v) is 7.09. The second-order valence-corrected chi connectivity index (χ2v) is 5.27. The highest BCUT2D eigenvalue weighted by Crippen LogP contribution is 2.12. The maximum absolute atomic E-state index is 12.1. The lowest BCUT2D eigenvalue weighted by Gasteiger charge is -2.28. The summed E-state index contributed by atoms with van der Waals surface area (Å²) in [5.41, 5.74) is 6.98. The highest BCUT2D eigenvalue weighted by Gasteiger charge is 2.18. The SMILES string of the molecule is CCC(Cc1ccccc1)N(C)C(=O)CCC(C)N.Cl. The molecule has 2 atom stereocenters. The second-order valence-electron chi connectivity index (χ2n) is 5.27. The van der Waals surface area contributed by atoms with E-state index in [4.69, 9.17) is 5.73 Å². The number of hydrogen-bond donors (Lipinski definition) is 1. The molecule has 0 aliphatic heterocycles. The number of likely N-dealkylation sites (N-methyl/N-ethyl adjacent to an activating group) is 1. The Hall–Kier alpha value is -1.06. The summed E-state index contributed by atoms with van der Waals surface area (Å²) in [6.07, 6.45) is 3.18. The van der Waals surface area contributed by atoms with Crippen LogP contribution in [0.1, 0.15) is 38.7 Å². The van der Waals surface area contributed by atoms with Gasteiger partial charge in [0.15, 0.2) is 0 Å². The number of hydrogen-bond acceptors (Lipinski definition) is 2. The van der Waals surface area contributed by atoms with Gasteiger partial charge in [-0.25, -0.2) is 0 Å². The highest BCUT2D eigenvalue weighted by atomic mass is 35.5. The van der Waals surface area contributed by atoms with Crippen molar-refractivity contribution in [2.45, 2.75) is 51.6 Å². The maximum Gasteiger partial charge on any atom is 0.222 e. The smallest absolute Gasteiger partial charge is 0.222 e. The van der Waals surface area contributed by atoms with Crippen LogP contribution in [0.25, 0.3) is 0 Å². The van der Waals surface area contributed by atoms with Crippen LogP contribution >= 0.6 is 12.4 Å². The molecule has 3 nitrogen and oxygen atoms in total. The summed E-state index contributed by atoms with van der Waals surface area (Å²) in [7, 11) is 1.90. The van der Waals surface area contributed by atoms with E-state index in [1.807, 2.05) is 37.1 Å². The van der Waals surface area contributed by atoms with Crippen LogP contribution in [-0.2, 0) is 11.2 Å². The average Bonchev–Trinajstić information content (AvgIpc) is 2.42. The van der Waals surface area contributed by atoms with Crippen LogP contribution in [-0.4, -0.2) is 29.9 Å². The fraction of sp³-hybridized carbons (Fsp3) is 0.562. The van der Waals surface area contributed by atoms with Crippen molar-refractivity contribution in [3.8, 4) is 0 Å². The Morgan fingerprint density at radius 2 is 1.90 bits per heavy atom. The van der Waals surface area contributed by atoms with Crippen molar-refractivity contribution in [1.82, 2.24) is 4.90 Å². The van der Waals surface area contributed by atoms with E-state index in [2.05, 4.69) is 19.1 Å². The Bertz CT molecular complexity index is 381. The lowest BCUT2D eigenvalue weighted by atomic mass is 10.0. The molecule has 2 N–H and O–H groups in total. The van der Waals surface area contributed by atoms with Crippen molar-refractivity contribution in [3.05, 3.63) is 35.9 Å². The molecular formula is C16H27ClN2O. The summed E-state index contributed by atoms with van der Waals surface area (Å²) in [6.45, 7) is 4.07. The number of nitrogens with two attached hydrogens (primary N) is 1. The number of nitrogens with zero attached hydrogens (tertiary/aromatic N) is 1. The summed E-state index contributed by atoms with van der Waals surface area (Å²) in [4.78, 5) is 14.0. The number of carbonyl (C=O) groups is 1. The first kappa shape index (κ1) is 18.9. The van der Waals surface area contributed by atoms with Gasteiger partial charge in [0, 0.05) is 25.6 Å². The molecule has 1 aromatic rings. The molecule has 0 saturated heterocycles. The predicted octanol–water partition coefficient (Wildman–Crippen LogP) is 3.02. The van der Waals surface area contributed by atoms with Gasteiger partial charge < -0.3 is 10.6 Å². The van der Waals surface area contributed by atoms with Crippen molar-refractivity contribution >= 4 is 18.3 Å². The topological polar surface area (TPSA) is 46.3 Å². The maximum atomic E-state index is 12.1. The van der Waals surface area contributed by atoms with E-state index in [9.17, 15) is 4.79 Å². The van der Waals surface area contributed by atoms with Gasteiger partial charge in [-0.15, -0.1) is 12.4 Å². The van der Waals surface area contributed by atoms with Gasteiger partial charge in [-0.2, -0.15) is 0 Å². The Morgan fingerprint density at radius 1 is 1.30 bits per heavy atom. The van der Waals surface area contributed by atoms with Crippen LogP contribution in [0.3, 0.4) is 0 Å². The largest absolute Gasteiger partial charge is 0.342 e. The first-order chi connectivity index (χ1) is 9.04. The zero-order valence-electron chi connectivity index (χ0n) is 12.7. The summed E-state index contributed by atoms with van der Waals surface area (Å²) < 4.78 is 0. The lowest BCUT2D eigenvalue weighted by Crippen LogP contribution is -2.38. The second kappa shape index (κ2) is 9.78. The summed E-state index contributed by atoms with van der Waals surface area (Å²) in [5, 5.41) is 0. The summed E-state index contributed by atoms with van der Waals surface area (Å²) in [6, 6.07) is 10.7. The van der Waals surface area contributed by atoms with Crippen LogP contribution in [0.15, 0.2) is 30.3 Å². The quantitative estimate of drug-likeness (QED) is 0.841. The van der Waals surface area contributed by atoms with Crippen LogP contribution in [0, 0.1) is 0 Å². The Kier molecular flexibility index (Phi) is 9.26. The van der Waals surface area contributed by atoms with E-state index >= 15 is 0 Å². The van der Waals surface area contributed by atoms with Crippen molar-refractivity contribution < 1.29 is 4.79 Å². The van der Waals surface area contributed by atoms with Gasteiger partial charge in [0.25, 0.3) is 0 Å². The minimum atomic E-state index is 0. The molecule has 0 aliphatic carbocycles. The van der Waals surface area contributed by atoms with Gasteiger partial charge in [-0.3, -0.25) is 4.79 Å². The molecule has 1 amide bonds. The van der Waals surface area contributed by atoms with E-state index in [-0.39, 0.29) is 30.4 Å². The molecule has 114 valence electrons. The molecule has 20 heavy (non-hydrogen) atoms. The van der Waals surface area contributed by atoms with Crippen molar-refractivity contribution in [3.63, 3.8) is 0 Å². The fourth-order valence-electron chi connectivity index (χ4n) is 2.17. The zero-order valence-corrected chi connectivity index (χ0v) is 13.5. The van der Waals surface area contributed by atoms with E-state index in [0.717, 1.165) is 19.3 Å². The molecule has 1 aromatic carbocycles. The Balaban J connectivity index is 0.00000361. The number of amides is 1. The van der Waals surface area contributed by atoms with Crippen LogP contribution in [0.5, 0.6) is 0 Å². The van der Waals surface area contributed by atoms with Crippen LogP contribution in [0.4, 0.5) is 0 Å². The van der Waals surface area contributed by atoms with Gasteiger partial charge in [-0.05, 0) is 31.7 Å². The van der Waals surface area contributed by atoms with Gasteiger partial charge in [-0.1, -0.05) is 37.3 Å². The molecule has 0 heterocycles. The Labute approximate surface area is 128 Å². The van der Waals surface area contributed by atoms with E-state index in [1.165, 1.54) is 5.56 Å². The number of carbonyl (C=O) groups excluding carboxylic acids is 1. The van der Waals surface area contributed by atoms with Crippen LogP contribution < -0.4 is 5.73 Å². The molecule has 0 radical (unpaired) electrons. The van der Waals surface area contributed by atoms with Crippen molar-refractivity contribution in [1.29, 1.82) is 0 Å². The fourth-order valence-corrected chi connectivity index (χ4v) is 2.17. The van der Waals surface area contributed by atoms with E-state index in [1.54, 1.807) is 0 Å². The van der Waals surface area contributed by atoms with Crippen LogP contribution in [0.2, 0.25) is 0 Å². The third-order valence-corrected chi connectivity index (χ3v) is 3.54. The van der Waals surface area contributed by atoms with Gasteiger partial charge in [0.2, 0.25) is 5.91 Å². The van der Waals surface area contributed by atoms with Gasteiger partial charge >= 0.3 is 0 Å². The summed E-state index contributed by atoms with van der Waals surface area (Å²) in [5.74, 6) is 0.195. The molecule has 1 rings (SSSR count). The normalized spacial score (nSPS) is 13.2. The molecular weight excluding hydrogens is 272 g/mol. The molecule has 4 heteroatoms. The molecule has 0 spiro atoms. The molecule has 0 aliphatic rings. The number of halogens is 1. The minimum absolute atomic E-state index is 0.